The maximum atomic E-state index is 2.21. The largest absolute Gasteiger partial charge is 0.305 e. The zero-order chi connectivity index (χ0) is 12.3. The molecule has 0 aromatic heterocycles. The van der Waals surface area contributed by atoms with Crippen LogP contribution in [0.25, 0.3) is 11.1 Å². The van der Waals surface area contributed by atoms with Gasteiger partial charge in [0.2, 0.25) is 0 Å². The molecule has 0 spiro atoms. The Balaban J connectivity index is 2.48. The van der Waals surface area contributed by atoms with Gasteiger partial charge in [0, 0.05) is 6.54 Å². The van der Waals surface area contributed by atoms with Crippen LogP contribution in [0, 0.1) is 6.92 Å². The van der Waals surface area contributed by atoms with Crippen LogP contribution in [0.15, 0.2) is 48.5 Å². The first kappa shape index (κ1) is 11.9. The van der Waals surface area contributed by atoms with Gasteiger partial charge in [0.25, 0.3) is 0 Å². The Morgan fingerprint density at radius 1 is 0.824 bits per heavy atom. The van der Waals surface area contributed by atoms with Crippen molar-refractivity contribution >= 4 is 0 Å². The van der Waals surface area contributed by atoms with Gasteiger partial charge in [0.05, 0.1) is 0 Å². The molecule has 0 saturated carbocycles. The van der Waals surface area contributed by atoms with E-state index < -0.39 is 0 Å². The van der Waals surface area contributed by atoms with Crippen molar-refractivity contribution in [2.75, 3.05) is 14.1 Å². The van der Waals surface area contributed by atoms with E-state index in [1.54, 1.807) is 0 Å². The standard InChI is InChI=1S/C16H19N/c1-13-8-4-6-10-15(13)16-11-7-5-9-14(16)12-17(2)3/h4-11H,12H2,1-3H3. The molecule has 0 aliphatic heterocycles. The summed E-state index contributed by atoms with van der Waals surface area (Å²) in [6.07, 6.45) is 0. The zero-order valence-electron chi connectivity index (χ0n) is 10.8. The molecule has 88 valence electrons. The van der Waals surface area contributed by atoms with Gasteiger partial charge in [-0.05, 0) is 43.3 Å². The smallest absolute Gasteiger partial charge is 0.0233 e. The Kier molecular flexibility index (Phi) is 3.60. The molecule has 0 aliphatic carbocycles. The summed E-state index contributed by atoms with van der Waals surface area (Å²) in [7, 11) is 4.21. The van der Waals surface area contributed by atoms with E-state index in [4.69, 9.17) is 0 Å². The third-order valence-corrected chi connectivity index (χ3v) is 2.94. The molecule has 0 amide bonds. The maximum absolute atomic E-state index is 2.21. The van der Waals surface area contributed by atoms with Crippen molar-refractivity contribution in [3.05, 3.63) is 59.7 Å². The quantitative estimate of drug-likeness (QED) is 0.769. The fourth-order valence-corrected chi connectivity index (χ4v) is 2.14. The van der Waals surface area contributed by atoms with Gasteiger partial charge in [0.1, 0.15) is 0 Å². The van der Waals surface area contributed by atoms with Crippen LogP contribution >= 0.6 is 0 Å². The number of nitrogens with zero attached hydrogens (tertiary/aromatic N) is 1. The third kappa shape index (κ3) is 2.75. The van der Waals surface area contributed by atoms with Gasteiger partial charge in [-0.15, -0.1) is 0 Å². The summed E-state index contributed by atoms with van der Waals surface area (Å²) in [5, 5.41) is 0. The number of rotatable bonds is 3. The molecule has 0 atom stereocenters. The van der Waals surface area contributed by atoms with Gasteiger partial charge in [-0.3, -0.25) is 0 Å². The Bertz CT molecular complexity index is 500. The summed E-state index contributed by atoms with van der Waals surface area (Å²) in [4.78, 5) is 2.21. The van der Waals surface area contributed by atoms with Crippen LogP contribution in [0.3, 0.4) is 0 Å². The minimum atomic E-state index is 0.977. The van der Waals surface area contributed by atoms with E-state index >= 15 is 0 Å². The molecule has 17 heavy (non-hydrogen) atoms. The highest BCUT2D eigenvalue weighted by atomic mass is 15.0. The molecule has 2 rings (SSSR count). The fourth-order valence-electron chi connectivity index (χ4n) is 2.14. The van der Waals surface area contributed by atoms with Crippen LogP contribution < -0.4 is 0 Å². The molecule has 0 radical (unpaired) electrons. The predicted molar refractivity (Wildman–Crippen MR) is 74.0 cm³/mol. The third-order valence-electron chi connectivity index (χ3n) is 2.94. The second-order valence-electron chi connectivity index (χ2n) is 4.71. The minimum Gasteiger partial charge on any atom is -0.305 e. The van der Waals surface area contributed by atoms with Crippen molar-refractivity contribution in [3.63, 3.8) is 0 Å². The highest BCUT2D eigenvalue weighted by Gasteiger charge is 2.06. The Labute approximate surface area is 104 Å². The number of hydrogen-bond donors (Lipinski definition) is 0. The van der Waals surface area contributed by atoms with E-state index in [0.29, 0.717) is 0 Å². The first-order valence-electron chi connectivity index (χ1n) is 5.97. The molecule has 0 bridgehead atoms. The lowest BCUT2D eigenvalue weighted by Crippen LogP contribution is -2.11. The molecule has 0 heterocycles. The molecule has 0 N–H and O–H groups in total. The summed E-state index contributed by atoms with van der Waals surface area (Å²) in [5.74, 6) is 0. The maximum Gasteiger partial charge on any atom is 0.0233 e. The van der Waals surface area contributed by atoms with Gasteiger partial charge in [-0.2, -0.15) is 0 Å². The van der Waals surface area contributed by atoms with Crippen LogP contribution in [0.2, 0.25) is 0 Å². The van der Waals surface area contributed by atoms with Crippen LogP contribution in [-0.4, -0.2) is 19.0 Å². The molecule has 2 aromatic rings. The van der Waals surface area contributed by atoms with Crippen LogP contribution in [0.4, 0.5) is 0 Å². The molecule has 0 saturated heterocycles. The molecule has 1 nitrogen and oxygen atoms in total. The van der Waals surface area contributed by atoms with Crippen molar-refractivity contribution in [1.82, 2.24) is 4.90 Å². The van der Waals surface area contributed by atoms with E-state index in [-0.39, 0.29) is 0 Å². The van der Waals surface area contributed by atoms with Crippen molar-refractivity contribution in [2.45, 2.75) is 13.5 Å². The van der Waals surface area contributed by atoms with Crippen molar-refractivity contribution in [3.8, 4) is 11.1 Å². The summed E-state index contributed by atoms with van der Waals surface area (Å²) >= 11 is 0. The lowest BCUT2D eigenvalue weighted by molar-refractivity contribution is 0.403. The van der Waals surface area contributed by atoms with Gasteiger partial charge in [0.15, 0.2) is 0 Å². The minimum absolute atomic E-state index is 0.977. The topological polar surface area (TPSA) is 3.24 Å². The van der Waals surface area contributed by atoms with Crippen LogP contribution in [-0.2, 0) is 6.54 Å². The van der Waals surface area contributed by atoms with Gasteiger partial charge in [-0.25, -0.2) is 0 Å². The summed E-state index contributed by atoms with van der Waals surface area (Å²) in [6, 6.07) is 17.2. The highest BCUT2D eigenvalue weighted by Crippen LogP contribution is 2.27. The summed E-state index contributed by atoms with van der Waals surface area (Å²) in [6.45, 7) is 3.15. The second-order valence-corrected chi connectivity index (χ2v) is 4.71. The lowest BCUT2D eigenvalue weighted by Gasteiger charge is -2.15. The molecule has 1 heteroatoms. The molecule has 0 aliphatic rings. The highest BCUT2D eigenvalue weighted by molar-refractivity contribution is 5.70. The summed E-state index contributed by atoms with van der Waals surface area (Å²) < 4.78 is 0. The monoisotopic (exact) mass is 225 g/mol. The fraction of sp³-hybridized carbons (Fsp3) is 0.250. The van der Waals surface area contributed by atoms with Crippen LogP contribution in [0.5, 0.6) is 0 Å². The van der Waals surface area contributed by atoms with Crippen molar-refractivity contribution < 1.29 is 0 Å². The van der Waals surface area contributed by atoms with Gasteiger partial charge < -0.3 is 4.90 Å². The average Bonchev–Trinajstić information content (AvgIpc) is 2.30. The Morgan fingerprint density at radius 2 is 1.41 bits per heavy atom. The van der Waals surface area contributed by atoms with E-state index in [0.717, 1.165) is 6.54 Å². The Hall–Kier alpha value is -1.60. The normalized spacial score (nSPS) is 10.8. The van der Waals surface area contributed by atoms with Gasteiger partial charge in [-0.1, -0.05) is 48.5 Å². The van der Waals surface area contributed by atoms with Crippen LogP contribution in [0.1, 0.15) is 11.1 Å². The summed E-state index contributed by atoms with van der Waals surface area (Å²) in [5.41, 5.74) is 5.40. The SMILES string of the molecule is Cc1ccccc1-c1ccccc1CN(C)C. The zero-order valence-corrected chi connectivity index (χ0v) is 10.8. The van der Waals surface area contributed by atoms with E-state index in [1.165, 1.54) is 22.3 Å². The molecule has 0 unspecified atom stereocenters. The molecule has 2 aromatic carbocycles. The second kappa shape index (κ2) is 5.15. The molecule has 0 fully saturated rings. The molecular weight excluding hydrogens is 206 g/mol. The van der Waals surface area contributed by atoms with Crippen molar-refractivity contribution in [1.29, 1.82) is 0 Å². The lowest BCUT2D eigenvalue weighted by atomic mass is 9.96. The predicted octanol–water partition coefficient (Wildman–Crippen LogP) is 3.72. The first-order chi connectivity index (χ1) is 8.18. The number of hydrogen-bond acceptors (Lipinski definition) is 1. The number of benzene rings is 2. The first-order valence-corrected chi connectivity index (χ1v) is 5.97. The Morgan fingerprint density at radius 3 is 2.06 bits per heavy atom. The van der Waals surface area contributed by atoms with Crippen molar-refractivity contribution in [2.24, 2.45) is 0 Å². The van der Waals surface area contributed by atoms with E-state index in [2.05, 4.69) is 74.4 Å². The average molecular weight is 225 g/mol. The van der Waals surface area contributed by atoms with E-state index in [9.17, 15) is 0 Å². The molecular formula is C16H19N. The number of aryl methyl sites for hydroxylation is 1. The van der Waals surface area contributed by atoms with Gasteiger partial charge >= 0.3 is 0 Å². The van der Waals surface area contributed by atoms with E-state index in [1.807, 2.05) is 0 Å².